The van der Waals surface area contributed by atoms with Gasteiger partial charge in [-0.3, -0.25) is 18.8 Å². The molecule has 2 heterocycles. The quantitative estimate of drug-likeness (QED) is 0.337. The third-order valence-electron chi connectivity index (χ3n) is 7.14. The molecular weight excluding hydrogens is 480 g/mol. The summed E-state index contributed by atoms with van der Waals surface area (Å²) < 4.78 is 15.2. The van der Waals surface area contributed by atoms with Gasteiger partial charge in [0.1, 0.15) is 22.9 Å². The molecule has 0 aliphatic carbocycles. The summed E-state index contributed by atoms with van der Waals surface area (Å²) in [6.45, 7) is 19.2. The summed E-state index contributed by atoms with van der Waals surface area (Å²) in [4.78, 5) is 30.5. The lowest BCUT2D eigenvalue weighted by atomic mass is 10.0. The van der Waals surface area contributed by atoms with Crippen LogP contribution in [-0.2, 0) is 0 Å². The number of hydrogen-bond donors (Lipinski definition) is 0. The van der Waals surface area contributed by atoms with E-state index in [1.807, 2.05) is 52.0 Å². The van der Waals surface area contributed by atoms with Crippen LogP contribution in [0.15, 0.2) is 39.9 Å². The lowest BCUT2D eigenvalue weighted by Gasteiger charge is -2.38. The molecule has 1 aromatic carbocycles. The summed E-state index contributed by atoms with van der Waals surface area (Å²) in [5, 5.41) is 0. The smallest absolute Gasteiger partial charge is 0.333 e. The SMILES string of the molecule is CCCCCOc1ccc(OC(C)(C)CCN2CCN(c3cc(=O)n(C(C)C)c(=O)n3C(C)C)CC2)cc1. The van der Waals surface area contributed by atoms with E-state index in [0.717, 1.165) is 69.5 Å². The third kappa shape index (κ3) is 7.88. The van der Waals surface area contributed by atoms with E-state index in [1.165, 1.54) is 17.4 Å². The summed E-state index contributed by atoms with van der Waals surface area (Å²) in [7, 11) is 0. The Hall–Kier alpha value is -2.74. The standard InChI is InChI=1S/C30H48N4O4/c1-8-9-10-21-37-25-11-13-26(14-12-25)38-30(6,7)15-16-31-17-19-32(20-18-31)27-22-28(35)34(24(4)5)29(36)33(27)23(2)3/h11-14,22-24H,8-10,15-21H2,1-7H3. The van der Waals surface area contributed by atoms with Crippen molar-refractivity contribution in [2.75, 3.05) is 44.2 Å². The average molecular weight is 529 g/mol. The lowest BCUT2D eigenvalue weighted by Crippen LogP contribution is -2.51. The highest BCUT2D eigenvalue weighted by molar-refractivity contribution is 5.40. The number of unbranched alkanes of at least 4 members (excludes halogenated alkanes) is 2. The number of aromatic nitrogens is 2. The first kappa shape index (κ1) is 29.8. The van der Waals surface area contributed by atoms with Gasteiger partial charge in [-0.05, 0) is 78.6 Å². The highest BCUT2D eigenvalue weighted by atomic mass is 16.5. The van der Waals surface area contributed by atoms with E-state index in [4.69, 9.17) is 9.47 Å². The van der Waals surface area contributed by atoms with E-state index >= 15 is 0 Å². The van der Waals surface area contributed by atoms with Crippen LogP contribution in [0.5, 0.6) is 11.5 Å². The van der Waals surface area contributed by atoms with Gasteiger partial charge in [0, 0.05) is 50.9 Å². The van der Waals surface area contributed by atoms with E-state index in [9.17, 15) is 9.59 Å². The van der Waals surface area contributed by atoms with E-state index < -0.39 is 0 Å². The minimum absolute atomic E-state index is 0.0271. The van der Waals surface area contributed by atoms with Crippen molar-refractivity contribution >= 4 is 5.82 Å². The van der Waals surface area contributed by atoms with E-state index in [2.05, 4.69) is 30.6 Å². The van der Waals surface area contributed by atoms with E-state index in [0.29, 0.717) is 0 Å². The number of ether oxygens (including phenoxy) is 2. The minimum Gasteiger partial charge on any atom is -0.494 e. The maximum Gasteiger partial charge on any atom is 0.333 e. The van der Waals surface area contributed by atoms with Crippen LogP contribution in [0.3, 0.4) is 0 Å². The highest BCUT2D eigenvalue weighted by Crippen LogP contribution is 2.25. The van der Waals surface area contributed by atoms with E-state index in [-0.39, 0.29) is 28.9 Å². The molecule has 1 aliphatic rings. The Labute approximate surface area is 228 Å². The van der Waals surface area contributed by atoms with Crippen molar-refractivity contribution in [2.24, 2.45) is 0 Å². The van der Waals surface area contributed by atoms with Crippen molar-refractivity contribution < 1.29 is 9.47 Å². The number of hydrogen-bond acceptors (Lipinski definition) is 6. The topological polar surface area (TPSA) is 68.9 Å². The molecule has 0 spiro atoms. The zero-order chi connectivity index (χ0) is 27.9. The van der Waals surface area contributed by atoms with Gasteiger partial charge < -0.3 is 14.4 Å². The van der Waals surface area contributed by atoms with Gasteiger partial charge in [-0.15, -0.1) is 0 Å². The number of anilines is 1. The first-order valence-electron chi connectivity index (χ1n) is 14.3. The van der Waals surface area contributed by atoms with Gasteiger partial charge >= 0.3 is 5.69 Å². The maximum atomic E-state index is 13.1. The number of piperazine rings is 1. The van der Waals surface area contributed by atoms with Crippen LogP contribution in [0.2, 0.25) is 0 Å². The second kappa shape index (κ2) is 13.4. The number of benzene rings is 1. The number of nitrogens with zero attached hydrogens (tertiary/aromatic N) is 4. The molecule has 8 nitrogen and oxygen atoms in total. The van der Waals surface area contributed by atoms with Crippen LogP contribution in [-0.4, -0.2) is 59.0 Å². The lowest BCUT2D eigenvalue weighted by molar-refractivity contribution is 0.0819. The molecule has 0 bridgehead atoms. The first-order valence-corrected chi connectivity index (χ1v) is 14.3. The van der Waals surface area contributed by atoms with Crippen LogP contribution in [0.4, 0.5) is 5.82 Å². The zero-order valence-corrected chi connectivity index (χ0v) is 24.5. The average Bonchev–Trinajstić information content (AvgIpc) is 2.85. The van der Waals surface area contributed by atoms with Gasteiger partial charge in [0.2, 0.25) is 0 Å². The maximum absolute atomic E-state index is 13.1. The van der Waals surface area contributed by atoms with Crippen molar-refractivity contribution in [1.82, 2.24) is 14.0 Å². The normalized spacial score (nSPS) is 14.9. The van der Waals surface area contributed by atoms with Crippen LogP contribution < -0.4 is 25.6 Å². The highest BCUT2D eigenvalue weighted by Gasteiger charge is 2.26. The Morgan fingerprint density at radius 2 is 1.47 bits per heavy atom. The summed E-state index contributed by atoms with van der Waals surface area (Å²) in [5.74, 6) is 2.46. The fourth-order valence-electron chi connectivity index (χ4n) is 4.91. The van der Waals surface area contributed by atoms with Gasteiger partial charge in [0.25, 0.3) is 5.56 Å². The predicted octanol–water partition coefficient (Wildman–Crippen LogP) is 5.11. The van der Waals surface area contributed by atoms with E-state index in [1.54, 1.807) is 10.6 Å². The Balaban J connectivity index is 1.53. The monoisotopic (exact) mass is 528 g/mol. The van der Waals surface area contributed by atoms with Crippen LogP contribution >= 0.6 is 0 Å². The predicted molar refractivity (Wildman–Crippen MR) is 155 cm³/mol. The van der Waals surface area contributed by atoms with Crippen molar-refractivity contribution in [3.8, 4) is 11.5 Å². The Morgan fingerprint density at radius 3 is 2.05 bits per heavy atom. The van der Waals surface area contributed by atoms with Crippen molar-refractivity contribution in [1.29, 1.82) is 0 Å². The first-order chi connectivity index (χ1) is 18.0. The fraction of sp³-hybridized carbons (Fsp3) is 0.667. The molecule has 0 saturated carbocycles. The van der Waals surface area contributed by atoms with Crippen molar-refractivity contribution in [3.05, 3.63) is 51.2 Å². The molecule has 1 aromatic heterocycles. The van der Waals surface area contributed by atoms with Crippen molar-refractivity contribution in [3.63, 3.8) is 0 Å². The molecule has 1 saturated heterocycles. The second-order valence-electron chi connectivity index (χ2n) is 11.5. The molecule has 0 unspecified atom stereocenters. The van der Waals surface area contributed by atoms with Gasteiger partial charge in [0.05, 0.1) is 6.61 Å². The summed E-state index contributed by atoms with van der Waals surface area (Å²) in [6, 6.07) is 9.36. The molecule has 0 N–H and O–H groups in total. The molecule has 0 radical (unpaired) electrons. The van der Waals surface area contributed by atoms with Crippen molar-refractivity contribution in [2.45, 2.75) is 91.8 Å². The largest absolute Gasteiger partial charge is 0.494 e. The summed E-state index contributed by atoms with van der Waals surface area (Å²) in [6.07, 6.45) is 4.35. The molecular formula is C30H48N4O4. The Bertz CT molecular complexity index is 1130. The molecule has 8 heteroatoms. The van der Waals surface area contributed by atoms with Crippen LogP contribution in [0.1, 0.15) is 86.2 Å². The van der Waals surface area contributed by atoms with Gasteiger partial charge in [0.15, 0.2) is 0 Å². The van der Waals surface area contributed by atoms with Gasteiger partial charge in [-0.1, -0.05) is 19.8 Å². The Morgan fingerprint density at radius 1 is 0.868 bits per heavy atom. The second-order valence-corrected chi connectivity index (χ2v) is 11.5. The minimum atomic E-state index is -0.305. The van der Waals surface area contributed by atoms with Crippen LogP contribution in [0, 0.1) is 0 Å². The molecule has 2 aromatic rings. The molecule has 38 heavy (non-hydrogen) atoms. The molecule has 0 atom stereocenters. The molecule has 1 fully saturated rings. The molecule has 212 valence electrons. The molecule has 0 amide bonds. The van der Waals surface area contributed by atoms with Gasteiger partial charge in [-0.2, -0.15) is 0 Å². The zero-order valence-electron chi connectivity index (χ0n) is 24.5. The van der Waals surface area contributed by atoms with Crippen LogP contribution in [0.25, 0.3) is 0 Å². The summed E-state index contributed by atoms with van der Waals surface area (Å²) >= 11 is 0. The fourth-order valence-corrected chi connectivity index (χ4v) is 4.91. The molecule has 3 rings (SSSR count). The number of rotatable bonds is 13. The molecule has 1 aliphatic heterocycles. The van der Waals surface area contributed by atoms with Gasteiger partial charge in [-0.25, -0.2) is 4.79 Å². The summed E-state index contributed by atoms with van der Waals surface area (Å²) in [5.41, 5.74) is -0.760. The Kier molecular flexibility index (Phi) is 10.5. The third-order valence-corrected chi connectivity index (χ3v) is 7.14.